The quantitative estimate of drug-likeness (QED) is 0.315. The smallest absolute Gasteiger partial charge is 0.319 e. The standard InChI is InChI=1S/C33H29F3N6O3/c1-2-22-24(35)6-5-19-13-21(43)14-23(26(19)22)29-28(36)30-27(25(16-37)38-29)31(41-8-4-11-44-12-10-41)40-32(39-30)45-18-33-7-3-9-42(33)17-20(34)15-33/h1,5-6,13-14,20,43H,3-4,7-12,15,17-18H2/t20-,33+/m1/s1. The van der Waals surface area contributed by atoms with Gasteiger partial charge in [0.25, 0.3) is 0 Å². The van der Waals surface area contributed by atoms with Gasteiger partial charge in [-0.25, -0.2) is 18.2 Å². The van der Waals surface area contributed by atoms with Crippen molar-refractivity contribution in [3.05, 3.63) is 47.2 Å². The second kappa shape index (κ2) is 11.4. The summed E-state index contributed by atoms with van der Waals surface area (Å²) in [6.07, 6.45) is 7.37. The number of aromatic nitrogens is 3. The monoisotopic (exact) mass is 614 g/mol. The van der Waals surface area contributed by atoms with Gasteiger partial charge in [0.05, 0.1) is 23.1 Å². The molecule has 3 saturated heterocycles. The SMILES string of the molecule is C#Cc1c(F)ccc2cc(O)cc(-c3nc(C#N)c4c(N5CCCOCC5)nc(OC[C@@]56CCCN5C[C@H](F)C6)nc4c3F)c12. The number of anilines is 1. The molecule has 0 bridgehead atoms. The average Bonchev–Trinajstić information content (AvgIpc) is 3.41. The summed E-state index contributed by atoms with van der Waals surface area (Å²) in [5.41, 5.74) is -1.37. The Balaban J connectivity index is 1.44. The van der Waals surface area contributed by atoms with Crippen LogP contribution < -0.4 is 9.64 Å². The number of fused-ring (bicyclic) bond motifs is 3. The van der Waals surface area contributed by atoms with E-state index in [2.05, 4.69) is 31.8 Å². The molecule has 1 N–H and O–H groups in total. The molecular weight excluding hydrogens is 585 g/mol. The topological polar surface area (TPSA) is 108 Å². The number of nitriles is 1. The average molecular weight is 615 g/mol. The van der Waals surface area contributed by atoms with Gasteiger partial charge in [-0.2, -0.15) is 15.2 Å². The zero-order valence-corrected chi connectivity index (χ0v) is 24.3. The van der Waals surface area contributed by atoms with Crippen LogP contribution in [0.2, 0.25) is 0 Å². The van der Waals surface area contributed by atoms with E-state index in [4.69, 9.17) is 15.9 Å². The minimum Gasteiger partial charge on any atom is -0.508 e. The number of hydrogen-bond acceptors (Lipinski definition) is 9. The summed E-state index contributed by atoms with van der Waals surface area (Å²) >= 11 is 0. The van der Waals surface area contributed by atoms with Crippen molar-refractivity contribution in [1.82, 2.24) is 19.9 Å². The summed E-state index contributed by atoms with van der Waals surface area (Å²) < 4.78 is 57.9. The molecule has 0 aliphatic carbocycles. The first kappa shape index (κ1) is 29.1. The first-order chi connectivity index (χ1) is 21.8. The number of rotatable bonds is 5. The number of ether oxygens (including phenoxy) is 2. The van der Waals surface area contributed by atoms with Gasteiger partial charge in [0.15, 0.2) is 11.5 Å². The van der Waals surface area contributed by atoms with Crippen LogP contribution in [0, 0.1) is 35.3 Å². The molecule has 230 valence electrons. The van der Waals surface area contributed by atoms with Crippen molar-refractivity contribution in [1.29, 1.82) is 5.26 Å². The van der Waals surface area contributed by atoms with E-state index in [-0.39, 0.29) is 63.0 Å². The summed E-state index contributed by atoms with van der Waals surface area (Å²) in [7, 11) is 0. The number of phenols is 1. The lowest BCUT2D eigenvalue weighted by Crippen LogP contribution is -2.43. The van der Waals surface area contributed by atoms with E-state index in [1.54, 1.807) is 0 Å². The Morgan fingerprint density at radius 2 is 1.98 bits per heavy atom. The lowest BCUT2D eigenvalue weighted by molar-refractivity contribution is 0.107. The maximum Gasteiger partial charge on any atom is 0.319 e. The van der Waals surface area contributed by atoms with Crippen LogP contribution in [-0.2, 0) is 4.74 Å². The van der Waals surface area contributed by atoms with Gasteiger partial charge >= 0.3 is 6.01 Å². The maximum absolute atomic E-state index is 16.8. The van der Waals surface area contributed by atoms with E-state index >= 15 is 4.39 Å². The highest BCUT2D eigenvalue weighted by Crippen LogP contribution is 2.42. The maximum atomic E-state index is 16.8. The van der Waals surface area contributed by atoms with Crippen molar-refractivity contribution in [2.24, 2.45) is 0 Å². The van der Waals surface area contributed by atoms with Gasteiger partial charge in [0.2, 0.25) is 0 Å². The molecule has 2 atom stereocenters. The van der Waals surface area contributed by atoms with Crippen LogP contribution in [0.5, 0.6) is 11.8 Å². The van der Waals surface area contributed by atoms with Gasteiger partial charge in [-0.3, -0.25) is 4.90 Å². The van der Waals surface area contributed by atoms with Gasteiger partial charge in [0, 0.05) is 43.6 Å². The Bertz CT molecular complexity index is 1920. The molecule has 2 aromatic heterocycles. The van der Waals surface area contributed by atoms with E-state index in [1.165, 1.54) is 24.3 Å². The third kappa shape index (κ3) is 4.95. The lowest BCUT2D eigenvalue weighted by atomic mass is 9.95. The molecule has 9 nitrogen and oxygen atoms in total. The lowest BCUT2D eigenvalue weighted by Gasteiger charge is -2.31. The van der Waals surface area contributed by atoms with E-state index in [9.17, 15) is 19.1 Å². The number of benzene rings is 2. The zero-order valence-electron chi connectivity index (χ0n) is 24.3. The summed E-state index contributed by atoms with van der Waals surface area (Å²) in [5, 5.41) is 21.4. The summed E-state index contributed by atoms with van der Waals surface area (Å²) in [5.74, 6) is 0.727. The van der Waals surface area contributed by atoms with Gasteiger partial charge < -0.3 is 19.5 Å². The number of pyridine rings is 1. The Hall–Kier alpha value is -4.65. The Morgan fingerprint density at radius 3 is 2.80 bits per heavy atom. The second-order valence-electron chi connectivity index (χ2n) is 11.8. The second-order valence-corrected chi connectivity index (χ2v) is 11.8. The van der Waals surface area contributed by atoms with E-state index < -0.39 is 23.3 Å². The Labute approximate surface area is 257 Å². The number of halogens is 3. The minimum absolute atomic E-state index is 0.000386. The molecular formula is C33H29F3N6O3. The van der Waals surface area contributed by atoms with Gasteiger partial charge in [-0.15, -0.1) is 6.42 Å². The van der Waals surface area contributed by atoms with Crippen LogP contribution in [0.15, 0.2) is 24.3 Å². The number of hydrogen-bond donors (Lipinski definition) is 1. The minimum atomic E-state index is -0.960. The van der Waals surface area contributed by atoms with Crippen molar-refractivity contribution in [3.8, 4) is 41.4 Å². The van der Waals surface area contributed by atoms with Crippen LogP contribution in [0.4, 0.5) is 19.0 Å². The van der Waals surface area contributed by atoms with Crippen molar-refractivity contribution >= 4 is 27.5 Å². The van der Waals surface area contributed by atoms with Crippen molar-refractivity contribution < 1.29 is 27.8 Å². The summed E-state index contributed by atoms with van der Waals surface area (Å²) in [6, 6.07) is 7.13. The van der Waals surface area contributed by atoms with E-state index in [0.717, 1.165) is 19.4 Å². The van der Waals surface area contributed by atoms with Crippen molar-refractivity contribution in [2.45, 2.75) is 37.4 Å². The van der Waals surface area contributed by atoms with E-state index in [0.29, 0.717) is 51.1 Å². The number of alkyl halides is 1. The fourth-order valence-corrected chi connectivity index (χ4v) is 7.05. The highest BCUT2D eigenvalue weighted by atomic mass is 19.1. The third-order valence-corrected chi connectivity index (χ3v) is 9.06. The molecule has 12 heteroatoms. The highest BCUT2D eigenvalue weighted by Gasteiger charge is 2.49. The molecule has 0 saturated carbocycles. The molecule has 5 heterocycles. The molecule has 45 heavy (non-hydrogen) atoms. The largest absolute Gasteiger partial charge is 0.508 e. The Morgan fingerprint density at radius 1 is 1.11 bits per heavy atom. The zero-order chi connectivity index (χ0) is 31.3. The molecule has 3 aliphatic rings. The predicted octanol–water partition coefficient (Wildman–Crippen LogP) is 4.86. The summed E-state index contributed by atoms with van der Waals surface area (Å²) in [6.45, 7) is 3.10. The van der Waals surface area contributed by atoms with Crippen LogP contribution in [-0.4, -0.2) is 82.7 Å². The van der Waals surface area contributed by atoms with Crippen LogP contribution in [0.3, 0.4) is 0 Å². The van der Waals surface area contributed by atoms with Crippen molar-refractivity contribution in [2.75, 3.05) is 50.9 Å². The molecule has 0 amide bonds. The fourth-order valence-electron chi connectivity index (χ4n) is 7.05. The molecule has 3 fully saturated rings. The number of terminal acetylenes is 1. The number of nitrogens with zero attached hydrogens (tertiary/aromatic N) is 6. The predicted molar refractivity (Wildman–Crippen MR) is 161 cm³/mol. The molecule has 4 aromatic rings. The first-order valence-corrected chi connectivity index (χ1v) is 14.9. The van der Waals surface area contributed by atoms with Crippen LogP contribution in [0.1, 0.15) is 36.9 Å². The van der Waals surface area contributed by atoms with Gasteiger partial charge in [0.1, 0.15) is 47.4 Å². The van der Waals surface area contributed by atoms with Gasteiger partial charge in [-0.05, 0) is 49.4 Å². The highest BCUT2D eigenvalue weighted by molar-refractivity contribution is 6.04. The van der Waals surface area contributed by atoms with Crippen LogP contribution >= 0.6 is 0 Å². The third-order valence-electron chi connectivity index (χ3n) is 9.06. The van der Waals surface area contributed by atoms with Crippen LogP contribution in [0.25, 0.3) is 32.9 Å². The fraction of sp³-hybridized carbons (Fsp3) is 0.394. The molecule has 7 rings (SSSR count). The number of aromatic hydroxyl groups is 1. The number of phenolic OH excluding ortho intramolecular Hbond substituents is 1. The first-order valence-electron chi connectivity index (χ1n) is 14.9. The van der Waals surface area contributed by atoms with Gasteiger partial charge in [-0.1, -0.05) is 12.0 Å². The molecule has 3 aliphatic heterocycles. The molecule has 2 aromatic carbocycles. The molecule has 0 spiro atoms. The summed E-state index contributed by atoms with van der Waals surface area (Å²) in [4.78, 5) is 17.5. The Kier molecular flexibility index (Phi) is 7.35. The van der Waals surface area contributed by atoms with Crippen molar-refractivity contribution in [3.63, 3.8) is 0 Å². The molecule has 0 radical (unpaired) electrons. The van der Waals surface area contributed by atoms with E-state index in [1.807, 2.05) is 4.90 Å². The normalized spacial score (nSPS) is 21.9. The molecule has 0 unspecified atom stereocenters.